The Morgan fingerprint density at radius 2 is 1.89 bits per heavy atom. The van der Waals surface area contributed by atoms with E-state index in [2.05, 4.69) is 5.32 Å². The molecule has 2 amide bonds. The zero-order valence-electron chi connectivity index (χ0n) is 15.3. The fourth-order valence-electron chi connectivity index (χ4n) is 3.23. The van der Waals surface area contributed by atoms with E-state index >= 15 is 0 Å². The third kappa shape index (κ3) is 4.71. The van der Waals surface area contributed by atoms with E-state index in [0.717, 1.165) is 37.2 Å². The summed E-state index contributed by atoms with van der Waals surface area (Å²) in [6, 6.07) is 10.4. The normalized spacial score (nSPS) is 13.8. The lowest BCUT2D eigenvalue weighted by molar-refractivity contribution is -0.137. The smallest absolute Gasteiger partial charge is 0.339 e. The minimum atomic E-state index is -4.36. The number of carbonyl (C=O) groups is 2. The molecule has 0 unspecified atom stereocenters. The van der Waals surface area contributed by atoms with Gasteiger partial charge in [-0.05, 0) is 61.1 Å². The number of rotatable bonds is 7. The van der Waals surface area contributed by atoms with Crippen molar-refractivity contribution < 1.29 is 22.8 Å². The Morgan fingerprint density at radius 1 is 1.11 bits per heavy atom. The molecule has 148 valence electrons. The lowest BCUT2D eigenvalue weighted by Crippen LogP contribution is -2.42. The first-order valence-electron chi connectivity index (χ1n) is 9.17. The van der Waals surface area contributed by atoms with E-state index in [1.165, 1.54) is 6.07 Å². The first kappa shape index (κ1) is 19.9. The monoisotopic (exact) mass is 390 g/mol. The fourth-order valence-corrected chi connectivity index (χ4v) is 3.23. The molecule has 1 N–H and O–H groups in total. The highest BCUT2D eigenvalue weighted by Crippen LogP contribution is 2.30. The predicted molar refractivity (Wildman–Crippen MR) is 100 cm³/mol. The highest BCUT2D eigenvalue weighted by atomic mass is 19.4. The summed E-state index contributed by atoms with van der Waals surface area (Å²) in [6.07, 6.45) is -1.19. The number of hydrogen-bond donors (Lipinski definition) is 1. The number of anilines is 1. The summed E-state index contributed by atoms with van der Waals surface area (Å²) in [6.45, 7) is 1.50. The van der Waals surface area contributed by atoms with E-state index in [9.17, 15) is 22.8 Å². The topological polar surface area (TPSA) is 49.4 Å². The van der Waals surface area contributed by atoms with Gasteiger partial charge in [0.15, 0.2) is 0 Å². The molecule has 0 aromatic heterocycles. The molecule has 1 saturated heterocycles. The number of carbonyl (C=O) groups excluding carboxylic acids is 2. The highest BCUT2D eigenvalue weighted by Gasteiger charge is 2.30. The number of likely N-dealkylation sites (tertiary alicyclic amines) is 1. The summed E-state index contributed by atoms with van der Waals surface area (Å²) in [4.78, 5) is 25.0. The number of nitrogens with one attached hydrogen (secondary N) is 1. The number of halogens is 3. The van der Waals surface area contributed by atoms with Crippen molar-refractivity contribution in [2.24, 2.45) is 0 Å². The van der Waals surface area contributed by atoms with Crippen molar-refractivity contribution in [2.45, 2.75) is 31.9 Å². The van der Waals surface area contributed by atoms with Crippen LogP contribution in [0.5, 0.6) is 0 Å². The van der Waals surface area contributed by atoms with Gasteiger partial charge in [0.2, 0.25) is 6.41 Å². The molecule has 0 saturated carbocycles. The van der Waals surface area contributed by atoms with Crippen LogP contribution in [0, 0.1) is 0 Å². The molecular weight excluding hydrogens is 369 g/mol. The molecule has 3 rings (SSSR count). The van der Waals surface area contributed by atoms with Crippen LogP contribution >= 0.6 is 0 Å². The number of hydrogen-bond acceptors (Lipinski definition) is 2. The molecule has 0 spiro atoms. The van der Waals surface area contributed by atoms with Crippen molar-refractivity contribution in [1.29, 1.82) is 0 Å². The summed E-state index contributed by atoms with van der Waals surface area (Å²) < 4.78 is 38.5. The van der Waals surface area contributed by atoms with E-state index in [1.807, 2.05) is 0 Å². The van der Waals surface area contributed by atoms with Gasteiger partial charge in [0.25, 0.3) is 5.91 Å². The second-order valence-corrected chi connectivity index (χ2v) is 6.83. The van der Waals surface area contributed by atoms with Gasteiger partial charge in [-0.2, -0.15) is 13.2 Å². The molecule has 0 bridgehead atoms. The summed E-state index contributed by atoms with van der Waals surface area (Å²) in [7, 11) is 0. The van der Waals surface area contributed by atoms with Gasteiger partial charge >= 0.3 is 6.18 Å². The third-order valence-electron chi connectivity index (χ3n) is 4.88. The Bertz CT molecular complexity index is 861. The Labute approximate surface area is 161 Å². The summed E-state index contributed by atoms with van der Waals surface area (Å²) >= 11 is 0. The van der Waals surface area contributed by atoms with Crippen molar-refractivity contribution in [3.8, 4) is 0 Å². The molecule has 28 heavy (non-hydrogen) atoms. The Morgan fingerprint density at radius 3 is 2.54 bits per heavy atom. The Hall–Kier alpha value is -2.83. The van der Waals surface area contributed by atoms with E-state index in [1.54, 1.807) is 29.2 Å². The van der Waals surface area contributed by atoms with Crippen LogP contribution in [0.2, 0.25) is 0 Å². The molecule has 2 aromatic carbocycles. The van der Waals surface area contributed by atoms with E-state index in [4.69, 9.17) is 0 Å². The highest BCUT2D eigenvalue weighted by molar-refractivity contribution is 5.95. The molecule has 0 radical (unpaired) electrons. The fraction of sp³-hybridized carbons (Fsp3) is 0.333. The first-order chi connectivity index (χ1) is 13.4. The lowest BCUT2D eigenvalue weighted by Gasteiger charge is -2.31. The van der Waals surface area contributed by atoms with Crippen molar-refractivity contribution in [1.82, 2.24) is 4.90 Å². The largest absolute Gasteiger partial charge is 0.416 e. The Balaban J connectivity index is 1.70. The van der Waals surface area contributed by atoms with Gasteiger partial charge in [0.1, 0.15) is 0 Å². The molecule has 1 aliphatic heterocycles. The van der Waals surface area contributed by atoms with Crippen LogP contribution in [0.15, 0.2) is 42.5 Å². The summed E-state index contributed by atoms with van der Waals surface area (Å²) in [5, 5.41) is 2.62. The van der Waals surface area contributed by atoms with E-state index < -0.39 is 11.7 Å². The number of alkyl halides is 3. The van der Waals surface area contributed by atoms with Crippen LogP contribution < -0.4 is 5.32 Å². The summed E-state index contributed by atoms with van der Waals surface area (Å²) in [5.41, 5.74) is 1.91. The Kier molecular flexibility index (Phi) is 6.02. The van der Waals surface area contributed by atoms with E-state index in [0.29, 0.717) is 42.5 Å². The van der Waals surface area contributed by atoms with Gasteiger partial charge in [-0.25, -0.2) is 0 Å². The number of benzene rings is 2. The van der Waals surface area contributed by atoms with Crippen LogP contribution in [-0.4, -0.2) is 30.3 Å². The third-order valence-corrected chi connectivity index (χ3v) is 4.88. The minimum absolute atomic E-state index is 0.0389. The molecular formula is C21H21F3N2O2. The standard InChI is InChI=1S/C21H21F3N2O2/c22-21(23,24)18-7-2-5-15(12-18)4-1-6-16-13-17(8-9-19(16)25-14-27)20(28)26-10-3-11-26/h2,5,7-9,12-14H,1,3-4,6,10-11H2,(H,25,27). The van der Waals surface area contributed by atoms with Gasteiger partial charge < -0.3 is 10.2 Å². The zero-order chi connectivity index (χ0) is 20.1. The average Bonchev–Trinajstić information content (AvgIpc) is 2.61. The second-order valence-electron chi connectivity index (χ2n) is 6.83. The lowest BCUT2D eigenvalue weighted by atomic mass is 9.99. The maximum absolute atomic E-state index is 12.8. The van der Waals surface area contributed by atoms with Crippen LogP contribution in [0.25, 0.3) is 0 Å². The molecule has 1 heterocycles. The molecule has 0 atom stereocenters. The van der Waals surface area contributed by atoms with Crippen molar-refractivity contribution in [2.75, 3.05) is 18.4 Å². The zero-order valence-corrected chi connectivity index (χ0v) is 15.3. The molecule has 1 aliphatic rings. The van der Waals surface area contributed by atoms with Gasteiger partial charge in [-0.15, -0.1) is 0 Å². The van der Waals surface area contributed by atoms with Crippen molar-refractivity contribution >= 4 is 18.0 Å². The minimum Gasteiger partial charge on any atom is -0.339 e. The van der Waals surface area contributed by atoms with Gasteiger partial charge in [-0.3, -0.25) is 9.59 Å². The second kappa shape index (κ2) is 8.46. The maximum atomic E-state index is 12.8. The van der Waals surface area contributed by atoms with Gasteiger partial charge in [0.05, 0.1) is 5.56 Å². The van der Waals surface area contributed by atoms with E-state index in [-0.39, 0.29) is 5.91 Å². The molecule has 1 fully saturated rings. The van der Waals surface area contributed by atoms with Crippen LogP contribution in [0.4, 0.5) is 18.9 Å². The van der Waals surface area contributed by atoms with Crippen molar-refractivity contribution in [3.05, 3.63) is 64.7 Å². The molecule has 2 aromatic rings. The SMILES string of the molecule is O=CNc1ccc(C(=O)N2CCC2)cc1CCCc1cccc(C(F)(F)F)c1. The van der Waals surface area contributed by atoms with Crippen LogP contribution in [-0.2, 0) is 23.8 Å². The summed E-state index contributed by atoms with van der Waals surface area (Å²) in [5.74, 6) is -0.0389. The van der Waals surface area contributed by atoms with Crippen LogP contribution in [0.3, 0.4) is 0 Å². The first-order valence-corrected chi connectivity index (χ1v) is 9.17. The van der Waals surface area contributed by atoms with Crippen molar-refractivity contribution in [3.63, 3.8) is 0 Å². The van der Waals surface area contributed by atoms with Gasteiger partial charge in [-0.1, -0.05) is 18.2 Å². The number of nitrogens with zero attached hydrogens (tertiary/aromatic N) is 1. The number of aryl methyl sites for hydroxylation is 2. The van der Waals surface area contributed by atoms with Crippen LogP contribution in [0.1, 0.15) is 39.9 Å². The number of amides is 2. The average molecular weight is 390 g/mol. The molecule has 0 aliphatic carbocycles. The predicted octanol–water partition coefficient (Wildman–Crippen LogP) is 4.29. The molecule has 4 nitrogen and oxygen atoms in total. The van der Waals surface area contributed by atoms with Gasteiger partial charge in [0, 0.05) is 24.3 Å². The quantitative estimate of drug-likeness (QED) is 0.717. The maximum Gasteiger partial charge on any atom is 0.416 e. The molecule has 7 heteroatoms.